The van der Waals surface area contributed by atoms with Gasteiger partial charge in [-0.2, -0.15) is 13.2 Å². The van der Waals surface area contributed by atoms with Crippen LogP contribution in [0.15, 0.2) is 24.3 Å². The van der Waals surface area contributed by atoms with Crippen LogP contribution in [0.3, 0.4) is 0 Å². The van der Waals surface area contributed by atoms with Crippen molar-refractivity contribution in [2.45, 2.75) is 32.0 Å². The number of hydrogen-bond acceptors (Lipinski definition) is 2. The van der Waals surface area contributed by atoms with Crippen LogP contribution < -0.4 is 10.6 Å². The maximum atomic E-state index is 12.9. The zero-order chi connectivity index (χ0) is 14.0. The number of para-hydroxylation sites is 1. The average Bonchev–Trinajstić information content (AvgIpc) is 2.36. The molecule has 1 aliphatic heterocycles. The fraction of sp³-hybridized carbons (Fsp3) is 0.571. The molecule has 0 aromatic heterocycles. The molecular formula is C14H19F3N2. The number of alkyl halides is 3. The van der Waals surface area contributed by atoms with E-state index >= 15 is 0 Å². The van der Waals surface area contributed by atoms with Crippen molar-refractivity contribution < 1.29 is 13.2 Å². The lowest BCUT2D eigenvalue weighted by molar-refractivity contribution is -0.169. The average molecular weight is 272 g/mol. The molecule has 0 bridgehead atoms. The minimum Gasteiger partial charge on any atom is -0.368 e. The summed E-state index contributed by atoms with van der Waals surface area (Å²) < 4.78 is 38.6. The molecule has 0 fully saturated rings. The molecule has 1 aromatic carbocycles. The van der Waals surface area contributed by atoms with Crippen LogP contribution in [0.2, 0.25) is 0 Å². The van der Waals surface area contributed by atoms with Crippen LogP contribution in [0.1, 0.15) is 18.9 Å². The van der Waals surface area contributed by atoms with Crippen LogP contribution in [0.25, 0.3) is 0 Å². The van der Waals surface area contributed by atoms with E-state index < -0.39 is 12.1 Å². The number of halogens is 3. The van der Waals surface area contributed by atoms with Crippen LogP contribution >= 0.6 is 0 Å². The third-order valence-electron chi connectivity index (χ3n) is 3.83. The molecule has 19 heavy (non-hydrogen) atoms. The first kappa shape index (κ1) is 14.2. The first-order valence-corrected chi connectivity index (χ1v) is 6.54. The van der Waals surface area contributed by atoms with Crippen molar-refractivity contribution in [2.75, 3.05) is 18.0 Å². The zero-order valence-corrected chi connectivity index (χ0v) is 11.0. The summed E-state index contributed by atoms with van der Waals surface area (Å²) in [5.41, 5.74) is 7.34. The van der Waals surface area contributed by atoms with Gasteiger partial charge in [0.05, 0.1) is 5.92 Å². The fourth-order valence-electron chi connectivity index (χ4n) is 2.59. The maximum Gasteiger partial charge on any atom is 0.394 e. The van der Waals surface area contributed by atoms with E-state index in [1.165, 1.54) is 0 Å². The fourth-order valence-corrected chi connectivity index (χ4v) is 2.59. The summed E-state index contributed by atoms with van der Waals surface area (Å²) in [5.74, 6) is -1.47. The van der Waals surface area contributed by atoms with E-state index in [1.54, 1.807) is 0 Å². The van der Waals surface area contributed by atoms with Crippen LogP contribution in [0.5, 0.6) is 0 Å². The second kappa shape index (κ2) is 5.41. The van der Waals surface area contributed by atoms with Gasteiger partial charge in [-0.1, -0.05) is 18.2 Å². The summed E-state index contributed by atoms with van der Waals surface area (Å²) in [6.45, 7) is 1.55. The van der Waals surface area contributed by atoms with Gasteiger partial charge in [-0.25, -0.2) is 0 Å². The SMILES string of the molecule is CC1CCc2ccccc2N1CC(CN)C(F)(F)F. The molecule has 2 nitrogen and oxygen atoms in total. The van der Waals surface area contributed by atoms with Gasteiger partial charge in [0, 0.05) is 24.8 Å². The molecule has 1 aromatic rings. The molecule has 5 heteroatoms. The zero-order valence-electron chi connectivity index (χ0n) is 11.0. The van der Waals surface area contributed by atoms with Gasteiger partial charge in [-0.05, 0) is 31.4 Å². The lowest BCUT2D eigenvalue weighted by Crippen LogP contribution is -2.46. The van der Waals surface area contributed by atoms with Gasteiger partial charge in [0.1, 0.15) is 0 Å². The molecule has 2 atom stereocenters. The molecule has 0 saturated carbocycles. The molecule has 2 N–H and O–H groups in total. The number of anilines is 1. The molecule has 1 aliphatic rings. The Morgan fingerprint density at radius 1 is 1.37 bits per heavy atom. The predicted octanol–water partition coefficient (Wildman–Crippen LogP) is 2.96. The number of aryl methyl sites for hydroxylation is 1. The van der Waals surface area contributed by atoms with Crippen molar-refractivity contribution in [3.63, 3.8) is 0 Å². The van der Waals surface area contributed by atoms with Gasteiger partial charge in [0.25, 0.3) is 0 Å². The third kappa shape index (κ3) is 3.03. The largest absolute Gasteiger partial charge is 0.394 e. The molecular weight excluding hydrogens is 253 g/mol. The van der Waals surface area contributed by atoms with E-state index in [2.05, 4.69) is 0 Å². The Morgan fingerprint density at radius 2 is 2.05 bits per heavy atom. The van der Waals surface area contributed by atoms with Crippen molar-refractivity contribution in [1.82, 2.24) is 0 Å². The van der Waals surface area contributed by atoms with Crippen LogP contribution in [-0.2, 0) is 6.42 Å². The number of nitrogens with two attached hydrogens (primary N) is 1. The Hall–Kier alpha value is -1.23. The van der Waals surface area contributed by atoms with Gasteiger partial charge in [-0.3, -0.25) is 0 Å². The van der Waals surface area contributed by atoms with Gasteiger partial charge in [0.2, 0.25) is 0 Å². The Morgan fingerprint density at radius 3 is 2.68 bits per heavy atom. The molecule has 0 saturated heterocycles. The molecule has 1 heterocycles. The minimum absolute atomic E-state index is 0.0574. The number of hydrogen-bond donors (Lipinski definition) is 1. The van der Waals surface area contributed by atoms with E-state index in [1.807, 2.05) is 36.1 Å². The number of nitrogens with zero attached hydrogens (tertiary/aromatic N) is 1. The highest BCUT2D eigenvalue weighted by molar-refractivity contribution is 5.56. The normalized spacial score (nSPS) is 21.1. The molecule has 2 rings (SSSR count). The summed E-state index contributed by atoms with van der Waals surface area (Å²) in [6, 6.07) is 7.80. The summed E-state index contributed by atoms with van der Waals surface area (Å²) in [6.07, 6.45) is -2.43. The summed E-state index contributed by atoms with van der Waals surface area (Å²) in [7, 11) is 0. The van der Waals surface area contributed by atoms with E-state index in [9.17, 15) is 13.2 Å². The molecule has 0 amide bonds. The molecule has 0 aliphatic carbocycles. The summed E-state index contributed by atoms with van der Waals surface area (Å²) in [4.78, 5) is 1.85. The Labute approximate surface area is 111 Å². The van der Waals surface area contributed by atoms with Crippen molar-refractivity contribution >= 4 is 5.69 Å². The lowest BCUT2D eigenvalue weighted by Gasteiger charge is -2.39. The highest BCUT2D eigenvalue weighted by atomic mass is 19.4. The van der Waals surface area contributed by atoms with Crippen LogP contribution in [0.4, 0.5) is 18.9 Å². The van der Waals surface area contributed by atoms with Crippen molar-refractivity contribution in [3.8, 4) is 0 Å². The van der Waals surface area contributed by atoms with Crippen molar-refractivity contribution in [2.24, 2.45) is 11.7 Å². The highest BCUT2D eigenvalue weighted by Crippen LogP contribution is 2.34. The maximum absolute atomic E-state index is 12.9. The van der Waals surface area contributed by atoms with Crippen LogP contribution in [0, 0.1) is 5.92 Å². The lowest BCUT2D eigenvalue weighted by atomic mass is 9.95. The predicted molar refractivity (Wildman–Crippen MR) is 70.2 cm³/mol. The molecule has 0 spiro atoms. The van der Waals surface area contributed by atoms with E-state index in [-0.39, 0.29) is 19.1 Å². The minimum atomic E-state index is -4.24. The van der Waals surface area contributed by atoms with Crippen LogP contribution in [-0.4, -0.2) is 25.3 Å². The Balaban J connectivity index is 2.24. The topological polar surface area (TPSA) is 29.3 Å². The first-order chi connectivity index (χ1) is 8.93. The monoisotopic (exact) mass is 272 g/mol. The number of rotatable bonds is 3. The van der Waals surface area contributed by atoms with E-state index in [0.717, 1.165) is 24.1 Å². The Kier molecular flexibility index (Phi) is 4.04. The van der Waals surface area contributed by atoms with E-state index in [0.29, 0.717) is 0 Å². The van der Waals surface area contributed by atoms with Gasteiger partial charge >= 0.3 is 6.18 Å². The standard InChI is InChI=1S/C14H19F3N2/c1-10-6-7-11-4-2-3-5-13(11)19(10)9-12(8-18)14(15,16)17/h2-5,10,12H,6-9,18H2,1H3. The number of benzene rings is 1. The third-order valence-corrected chi connectivity index (χ3v) is 3.83. The Bertz CT molecular complexity index is 431. The van der Waals surface area contributed by atoms with Gasteiger partial charge < -0.3 is 10.6 Å². The first-order valence-electron chi connectivity index (χ1n) is 6.54. The molecule has 106 valence electrons. The second-order valence-electron chi connectivity index (χ2n) is 5.14. The number of fused-ring (bicyclic) bond motifs is 1. The van der Waals surface area contributed by atoms with Gasteiger partial charge in [-0.15, -0.1) is 0 Å². The van der Waals surface area contributed by atoms with E-state index in [4.69, 9.17) is 5.73 Å². The smallest absolute Gasteiger partial charge is 0.368 e. The van der Waals surface area contributed by atoms with Crippen molar-refractivity contribution in [1.29, 1.82) is 0 Å². The quantitative estimate of drug-likeness (QED) is 0.916. The summed E-state index contributed by atoms with van der Waals surface area (Å²) in [5, 5.41) is 0. The summed E-state index contributed by atoms with van der Waals surface area (Å²) >= 11 is 0. The molecule has 2 unspecified atom stereocenters. The molecule has 0 radical (unpaired) electrons. The second-order valence-corrected chi connectivity index (χ2v) is 5.14. The van der Waals surface area contributed by atoms with Gasteiger partial charge in [0.15, 0.2) is 0 Å². The van der Waals surface area contributed by atoms with Crippen molar-refractivity contribution in [3.05, 3.63) is 29.8 Å². The highest BCUT2D eigenvalue weighted by Gasteiger charge is 2.40.